The molecule has 0 heterocycles. The van der Waals surface area contributed by atoms with Gasteiger partial charge in [0.2, 0.25) is 0 Å². The third-order valence-corrected chi connectivity index (χ3v) is 21.8. The number of nitrogens with zero attached hydrogens (tertiary/aromatic N) is 2. The summed E-state index contributed by atoms with van der Waals surface area (Å²) in [6, 6.07) is 8.41. The number of hydrogen-bond donors (Lipinski definition) is 0. The molecule has 13 rings (SSSR count). The molecule has 0 N–H and O–H groups in total. The summed E-state index contributed by atoms with van der Waals surface area (Å²) >= 11 is 0. The van der Waals surface area contributed by atoms with Crippen LogP contribution in [0.3, 0.4) is 0 Å². The van der Waals surface area contributed by atoms with Crippen LogP contribution in [0.25, 0.3) is 0 Å². The second-order valence-electron chi connectivity index (χ2n) is 28.0. The van der Waals surface area contributed by atoms with Gasteiger partial charge in [0, 0.05) is 46.6 Å². The number of hydrogen-bond acceptors (Lipinski definition) is 2. The van der Waals surface area contributed by atoms with E-state index < -0.39 is 0 Å². The number of rotatable bonds is 7. The molecule has 0 radical (unpaired) electrons. The van der Waals surface area contributed by atoms with Gasteiger partial charge < -0.3 is 9.80 Å². The van der Waals surface area contributed by atoms with Gasteiger partial charge in [0.25, 0.3) is 0 Å². The minimum absolute atomic E-state index is 0.0671. The first-order valence-corrected chi connectivity index (χ1v) is 29.6. The first-order chi connectivity index (χ1) is 34.4. The Hall–Kier alpha value is -4.30. The first-order valence-electron chi connectivity index (χ1n) is 29.6. The number of anilines is 1. The first kappa shape index (κ1) is 47.4. The fourth-order valence-electron chi connectivity index (χ4n) is 19.0. The molecule has 2 heteroatoms. The van der Waals surface area contributed by atoms with Crippen molar-refractivity contribution in [3.63, 3.8) is 0 Å². The largest absolute Gasteiger partial charge is 0.341 e. The van der Waals surface area contributed by atoms with Crippen LogP contribution in [0.4, 0.5) is 5.69 Å². The van der Waals surface area contributed by atoms with Crippen molar-refractivity contribution in [2.24, 2.45) is 75.4 Å². The summed E-state index contributed by atoms with van der Waals surface area (Å²) in [6.45, 7) is 30.6. The molecule has 0 amide bonds. The Bertz CT molecular complexity index is 2880. The second-order valence-corrected chi connectivity index (χ2v) is 28.0. The van der Waals surface area contributed by atoms with Crippen LogP contribution in [0.1, 0.15) is 164 Å². The van der Waals surface area contributed by atoms with Gasteiger partial charge in [0.1, 0.15) is 0 Å². The maximum atomic E-state index is 3.09. The summed E-state index contributed by atoms with van der Waals surface area (Å²) in [5, 5.41) is 0. The van der Waals surface area contributed by atoms with Gasteiger partial charge in [-0.15, -0.1) is 0 Å². The van der Waals surface area contributed by atoms with E-state index in [4.69, 9.17) is 0 Å². The third-order valence-electron chi connectivity index (χ3n) is 21.8. The Morgan fingerprint density at radius 3 is 2.24 bits per heavy atom. The lowest BCUT2D eigenvalue weighted by Crippen LogP contribution is -2.48. The zero-order chi connectivity index (χ0) is 49.9. The van der Waals surface area contributed by atoms with Gasteiger partial charge in [-0.2, -0.15) is 0 Å². The summed E-state index contributed by atoms with van der Waals surface area (Å²) in [6.07, 6.45) is 45.0. The van der Waals surface area contributed by atoms with Crippen molar-refractivity contribution < 1.29 is 0 Å². The van der Waals surface area contributed by atoms with Crippen molar-refractivity contribution in [3.05, 3.63) is 169 Å². The van der Waals surface area contributed by atoms with Crippen molar-refractivity contribution in [1.29, 1.82) is 0 Å². The molecule has 0 aromatic heterocycles. The van der Waals surface area contributed by atoms with E-state index in [9.17, 15) is 0 Å². The molecular formula is C70H88N2. The van der Waals surface area contributed by atoms with Crippen LogP contribution >= 0.6 is 0 Å². The molecule has 10 atom stereocenters. The molecule has 1 aromatic rings. The summed E-state index contributed by atoms with van der Waals surface area (Å²) in [4.78, 5) is 6.14. The van der Waals surface area contributed by atoms with Gasteiger partial charge in [0.05, 0.1) is 6.04 Å². The van der Waals surface area contributed by atoms with E-state index in [2.05, 4.69) is 178 Å². The maximum Gasteiger partial charge on any atom is 0.0556 e. The molecule has 72 heavy (non-hydrogen) atoms. The highest BCUT2D eigenvalue weighted by atomic mass is 15.2. The molecule has 0 aliphatic heterocycles. The quantitative estimate of drug-likeness (QED) is 0.251. The SMILES string of the molecule is Cc1cc(C)cc(N(C2=C3C=C4C5=C(C=C(N(C6=CCCC7=C6C(C)(C)C6C=CC=CC76)C6CC(C)CC(C)C6)C6C=CC(=C3C56)C(C(C)C)C2)CCC4(C)C)C2CCCC3=C2C(C)(C)C2C=CCCC32)c1. The molecule has 12 aliphatic carbocycles. The van der Waals surface area contributed by atoms with E-state index in [0.717, 1.165) is 24.7 Å². The van der Waals surface area contributed by atoms with Crippen LogP contribution in [0, 0.1) is 89.3 Å². The van der Waals surface area contributed by atoms with Gasteiger partial charge in [-0.25, -0.2) is 0 Å². The summed E-state index contributed by atoms with van der Waals surface area (Å²) in [7, 11) is 0. The minimum Gasteiger partial charge on any atom is -0.341 e. The Kier molecular flexibility index (Phi) is 11.1. The van der Waals surface area contributed by atoms with Crippen molar-refractivity contribution in [2.75, 3.05) is 4.90 Å². The fraction of sp³-hybridized carbons (Fsp3) is 0.571. The summed E-state index contributed by atoms with van der Waals surface area (Å²) < 4.78 is 0. The van der Waals surface area contributed by atoms with Gasteiger partial charge >= 0.3 is 0 Å². The van der Waals surface area contributed by atoms with Gasteiger partial charge in [-0.3, -0.25) is 0 Å². The molecule has 0 bridgehead atoms. The van der Waals surface area contributed by atoms with E-state index in [0.29, 0.717) is 53.5 Å². The molecule has 2 nitrogen and oxygen atoms in total. The zero-order valence-electron chi connectivity index (χ0n) is 46.6. The smallest absolute Gasteiger partial charge is 0.0556 e. The number of allylic oxidation sites excluding steroid dienone is 21. The average Bonchev–Trinajstić information content (AvgIpc) is 3.72. The molecule has 1 saturated carbocycles. The normalized spacial score (nSPS) is 36.2. The predicted octanol–water partition coefficient (Wildman–Crippen LogP) is 18.1. The number of fused-ring (bicyclic) bond motifs is 4. The van der Waals surface area contributed by atoms with E-state index in [1.165, 1.54) is 87.4 Å². The van der Waals surface area contributed by atoms with Crippen LogP contribution in [0.15, 0.2) is 158 Å². The Morgan fingerprint density at radius 1 is 0.708 bits per heavy atom. The molecule has 12 aliphatic rings. The monoisotopic (exact) mass is 957 g/mol. The van der Waals surface area contributed by atoms with Gasteiger partial charge in [-0.05, 0) is 235 Å². The van der Waals surface area contributed by atoms with Crippen LogP contribution in [-0.2, 0) is 0 Å². The predicted molar refractivity (Wildman–Crippen MR) is 303 cm³/mol. The molecular weight excluding hydrogens is 869 g/mol. The van der Waals surface area contributed by atoms with Crippen molar-refractivity contribution in [1.82, 2.24) is 4.90 Å². The number of aryl methyl sites for hydroxylation is 2. The molecule has 1 aromatic carbocycles. The van der Waals surface area contributed by atoms with Crippen molar-refractivity contribution in [2.45, 2.75) is 179 Å². The molecule has 0 spiro atoms. The summed E-state index contributed by atoms with van der Waals surface area (Å²) in [5.74, 6) is 5.39. The maximum absolute atomic E-state index is 3.09. The van der Waals surface area contributed by atoms with Crippen LogP contribution < -0.4 is 4.90 Å². The molecule has 378 valence electrons. The lowest BCUT2D eigenvalue weighted by molar-refractivity contribution is 0.151. The topological polar surface area (TPSA) is 6.48 Å². The highest BCUT2D eigenvalue weighted by Crippen LogP contribution is 2.66. The highest BCUT2D eigenvalue weighted by Gasteiger charge is 2.56. The molecule has 1 fully saturated rings. The minimum atomic E-state index is 0.0671. The second kappa shape index (κ2) is 16.9. The van der Waals surface area contributed by atoms with E-state index in [1.54, 1.807) is 67.2 Å². The average molecular weight is 957 g/mol. The number of benzene rings is 1. The van der Waals surface area contributed by atoms with E-state index in [1.807, 2.05) is 5.57 Å². The van der Waals surface area contributed by atoms with Gasteiger partial charge in [-0.1, -0.05) is 141 Å². The third kappa shape index (κ3) is 6.97. The standard InChI is InChI=1S/C70H88N2/c1-40(2)54-39-62(72(47-35-43(5)32-44(6)36-47)60-26-18-22-52-49-20-14-16-24-57(49)70(11,12)67(52)60)55-38-58-63-45(29-30-68(58,7)8)37-61(53-28-27-50(54)64(55)65(53)63)71(46-33-41(3)31-42(4)34-46)59-25-17-21-51-48-19-13-15-23-56(48)69(9,10)66(51)59/h13,15-16,19,23-25,27-28,32,35-38,40-42,46,48-49,53-54,56-57,60,65H,14,17-18,20-22,26,29-31,33-34,39H2,1-12H3. The Balaban J connectivity index is 1.04. The lowest BCUT2D eigenvalue weighted by Gasteiger charge is -2.55. The Labute approximate surface area is 436 Å². The van der Waals surface area contributed by atoms with Gasteiger partial charge in [0.15, 0.2) is 0 Å². The van der Waals surface area contributed by atoms with Crippen LogP contribution in [0.2, 0.25) is 0 Å². The van der Waals surface area contributed by atoms with E-state index in [-0.39, 0.29) is 22.2 Å². The fourth-order valence-corrected chi connectivity index (χ4v) is 19.0. The molecule has 10 unspecified atom stereocenters. The Morgan fingerprint density at radius 2 is 1.47 bits per heavy atom. The van der Waals surface area contributed by atoms with Crippen LogP contribution in [-0.4, -0.2) is 17.0 Å². The van der Waals surface area contributed by atoms with Crippen molar-refractivity contribution >= 4 is 5.69 Å². The molecule has 0 saturated heterocycles. The lowest BCUT2D eigenvalue weighted by atomic mass is 9.53. The zero-order valence-corrected chi connectivity index (χ0v) is 46.6. The van der Waals surface area contributed by atoms with Crippen molar-refractivity contribution in [3.8, 4) is 0 Å². The van der Waals surface area contributed by atoms with E-state index >= 15 is 0 Å². The summed E-state index contributed by atoms with van der Waals surface area (Å²) in [5.41, 5.74) is 26.4. The van der Waals surface area contributed by atoms with Crippen LogP contribution in [0.5, 0.6) is 0 Å². The highest BCUT2D eigenvalue weighted by molar-refractivity contribution is 5.74.